The van der Waals surface area contributed by atoms with Gasteiger partial charge in [-0.2, -0.15) is 0 Å². The third kappa shape index (κ3) is 1.61. The van der Waals surface area contributed by atoms with E-state index in [-0.39, 0.29) is 17.1 Å². The fraction of sp³-hybridized carbons (Fsp3) is 0.0909. The lowest BCUT2D eigenvalue weighted by molar-refractivity contribution is 0.507. The van der Waals surface area contributed by atoms with Crippen molar-refractivity contribution in [3.05, 3.63) is 46.5 Å². The lowest BCUT2D eigenvalue weighted by Gasteiger charge is -2.01. The highest BCUT2D eigenvalue weighted by molar-refractivity contribution is 5.79. The summed E-state index contributed by atoms with van der Waals surface area (Å²) in [6, 6.07) is 5.36. The fourth-order valence-electron chi connectivity index (χ4n) is 1.39. The topological polar surface area (TPSA) is 66.0 Å². The molecule has 0 saturated carbocycles. The summed E-state index contributed by atoms with van der Waals surface area (Å²) in [4.78, 5) is 18.1. The molecule has 0 atom stereocenters. The lowest BCUT2D eigenvalue weighted by Crippen LogP contribution is -2.11. The smallest absolute Gasteiger partial charge is 0.259 e. The van der Waals surface area contributed by atoms with Gasteiger partial charge < -0.3 is 10.1 Å². The van der Waals surface area contributed by atoms with Gasteiger partial charge in [0.2, 0.25) is 0 Å². The normalized spacial score (nSPS) is 10.5. The molecule has 4 heteroatoms. The number of hydrogen-bond donors (Lipinski definition) is 2. The van der Waals surface area contributed by atoms with E-state index in [4.69, 9.17) is 5.11 Å². The Kier molecular flexibility index (Phi) is 2.04. The molecule has 0 spiro atoms. The lowest BCUT2D eigenvalue weighted by atomic mass is 10.2. The van der Waals surface area contributed by atoms with Gasteiger partial charge in [0.25, 0.3) is 5.56 Å². The number of rotatable bonds is 1. The number of aromatic nitrogens is 2. The number of aliphatic hydroxyl groups is 1. The molecule has 76 valence electrons. The van der Waals surface area contributed by atoms with Crippen LogP contribution in [0.15, 0.2) is 29.6 Å². The molecule has 2 rings (SSSR count). The van der Waals surface area contributed by atoms with Gasteiger partial charge in [-0.25, -0.2) is 4.98 Å². The van der Waals surface area contributed by atoms with Crippen molar-refractivity contribution >= 4 is 16.7 Å². The van der Waals surface area contributed by atoms with E-state index in [2.05, 4.69) is 16.5 Å². The van der Waals surface area contributed by atoms with Crippen molar-refractivity contribution in [1.29, 1.82) is 0 Å². The molecule has 1 aromatic heterocycles. The molecule has 1 heterocycles. The van der Waals surface area contributed by atoms with Crippen LogP contribution in [-0.2, 0) is 0 Å². The van der Waals surface area contributed by atoms with Crippen molar-refractivity contribution in [2.24, 2.45) is 0 Å². The van der Waals surface area contributed by atoms with E-state index >= 15 is 0 Å². The van der Waals surface area contributed by atoms with Crippen LogP contribution < -0.4 is 5.56 Å². The van der Waals surface area contributed by atoms with Gasteiger partial charge in [-0.3, -0.25) is 4.79 Å². The molecule has 15 heavy (non-hydrogen) atoms. The number of nitrogens with one attached hydrogen (secondary N) is 1. The summed E-state index contributed by atoms with van der Waals surface area (Å²) in [5.41, 5.74) is 1.27. The van der Waals surface area contributed by atoms with E-state index in [1.54, 1.807) is 12.1 Å². The highest BCUT2D eigenvalue weighted by Crippen LogP contribution is 2.11. The van der Waals surface area contributed by atoms with Crippen LogP contribution in [0.2, 0.25) is 0 Å². The molecule has 0 unspecified atom stereocenters. The molecule has 0 saturated heterocycles. The second-order valence-electron chi connectivity index (χ2n) is 3.38. The average molecular weight is 202 g/mol. The average Bonchev–Trinajstić information content (AvgIpc) is 2.18. The molecular weight excluding hydrogens is 192 g/mol. The van der Waals surface area contributed by atoms with Crippen LogP contribution in [-0.4, -0.2) is 15.1 Å². The van der Waals surface area contributed by atoms with Crippen LogP contribution in [0.4, 0.5) is 0 Å². The van der Waals surface area contributed by atoms with Gasteiger partial charge in [0, 0.05) is 0 Å². The molecule has 0 aliphatic heterocycles. The molecule has 0 amide bonds. The van der Waals surface area contributed by atoms with Gasteiger partial charge >= 0.3 is 0 Å². The van der Waals surface area contributed by atoms with Crippen molar-refractivity contribution in [1.82, 2.24) is 9.97 Å². The summed E-state index contributed by atoms with van der Waals surface area (Å²) in [5.74, 6) is -0.133. The number of hydrogen-bond acceptors (Lipinski definition) is 3. The number of H-pyrrole nitrogens is 1. The first kappa shape index (κ1) is 9.45. The van der Waals surface area contributed by atoms with Crippen molar-refractivity contribution in [3.63, 3.8) is 0 Å². The fourth-order valence-corrected chi connectivity index (χ4v) is 1.39. The molecule has 0 radical (unpaired) electrons. The maximum absolute atomic E-state index is 11.6. The van der Waals surface area contributed by atoms with Crippen LogP contribution >= 0.6 is 0 Å². The minimum Gasteiger partial charge on any atom is -0.505 e. The summed E-state index contributed by atoms with van der Waals surface area (Å²) in [6.07, 6.45) is 0. The van der Waals surface area contributed by atoms with Crippen LogP contribution in [0.3, 0.4) is 0 Å². The molecule has 0 aliphatic carbocycles. The minimum atomic E-state index is -0.270. The number of aryl methyl sites for hydroxylation is 1. The Bertz CT molecular complexity index is 599. The van der Waals surface area contributed by atoms with Gasteiger partial charge in [0.05, 0.1) is 10.9 Å². The number of nitrogens with zero attached hydrogens (tertiary/aromatic N) is 1. The third-order valence-electron chi connectivity index (χ3n) is 2.13. The maximum Gasteiger partial charge on any atom is 0.259 e. The zero-order chi connectivity index (χ0) is 11.0. The molecular formula is C11H10N2O2. The standard InChI is InChI=1S/C11H10N2O2/c1-6-3-4-9-8(5-6)11(15)13-10(12-9)7(2)14/h3-5,14H,2H2,1H3,(H,12,13,15). The monoisotopic (exact) mass is 202 g/mol. The van der Waals surface area contributed by atoms with Gasteiger partial charge in [0.15, 0.2) is 11.6 Å². The van der Waals surface area contributed by atoms with E-state index in [9.17, 15) is 4.79 Å². The summed E-state index contributed by atoms with van der Waals surface area (Å²) >= 11 is 0. The van der Waals surface area contributed by atoms with Crippen LogP contribution in [0.5, 0.6) is 0 Å². The molecule has 1 aromatic carbocycles. The van der Waals surface area contributed by atoms with E-state index in [1.165, 1.54) is 0 Å². The van der Waals surface area contributed by atoms with E-state index in [0.717, 1.165) is 5.56 Å². The molecule has 0 fully saturated rings. The Morgan fingerprint density at radius 3 is 2.93 bits per heavy atom. The van der Waals surface area contributed by atoms with Crippen molar-refractivity contribution in [3.8, 4) is 0 Å². The van der Waals surface area contributed by atoms with E-state index < -0.39 is 0 Å². The van der Waals surface area contributed by atoms with Crippen molar-refractivity contribution in [2.45, 2.75) is 6.92 Å². The quantitative estimate of drug-likeness (QED) is 0.692. The van der Waals surface area contributed by atoms with E-state index in [0.29, 0.717) is 10.9 Å². The summed E-state index contributed by atoms with van der Waals surface area (Å²) in [7, 11) is 0. The highest BCUT2D eigenvalue weighted by atomic mass is 16.3. The summed E-state index contributed by atoms with van der Waals surface area (Å²) in [5, 5.41) is 9.65. The molecule has 0 aliphatic rings. The molecule has 2 aromatic rings. The Balaban J connectivity index is 2.84. The first-order chi connectivity index (χ1) is 7.08. The van der Waals surface area contributed by atoms with Gasteiger partial charge in [-0.15, -0.1) is 0 Å². The largest absolute Gasteiger partial charge is 0.505 e. The Morgan fingerprint density at radius 2 is 2.27 bits per heavy atom. The van der Waals surface area contributed by atoms with Crippen LogP contribution in [0.1, 0.15) is 11.4 Å². The second kappa shape index (κ2) is 3.24. The summed E-state index contributed by atoms with van der Waals surface area (Å²) < 4.78 is 0. The maximum atomic E-state index is 11.6. The summed E-state index contributed by atoms with van der Waals surface area (Å²) in [6.45, 7) is 5.21. The van der Waals surface area contributed by atoms with Crippen molar-refractivity contribution in [2.75, 3.05) is 0 Å². The third-order valence-corrected chi connectivity index (χ3v) is 2.13. The van der Waals surface area contributed by atoms with Gasteiger partial charge in [-0.05, 0) is 19.1 Å². The van der Waals surface area contributed by atoms with Crippen LogP contribution in [0.25, 0.3) is 16.7 Å². The zero-order valence-electron chi connectivity index (χ0n) is 8.24. The Labute approximate surface area is 85.9 Å². The highest BCUT2D eigenvalue weighted by Gasteiger charge is 2.05. The van der Waals surface area contributed by atoms with E-state index in [1.807, 2.05) is 13.0 Å². The predicted octanol–water partition coefficient (Wildman–Crippen LogP) is 1.76. The number of benzene rings is 1. The second-order valence-corrected chi connectivity index (χ2v) is 3.38. The molecule has 2 N–H and O–H groups in total. The first-order valence-electron chi connectivity index (χ1n) is 4.47. The first-order valence-corrected chi connectivity index (χ1v) is 4.47. The molecule has 0 bridgehead atoms. The zero-order valence-corrected chi connectivity index (χ0v) is 8.24. The van der Waals surface area contributed by atoms with Gasteiger partial charge in [-0.1, -0.05) is 18.2 Å². The molecule has 4 nitrogen and oxygen atoms in total. The number of aromatic amines is 1. The Hall–Kier alpha value is -2.10. The number of fused-ring (bicyclic) bond motifs is 1. The Morgan fingerprint density at radius 1 is 1.53 bits per heavy atom. The van der Waals surface area contributed by atoms with Gasteiger partial charge in [0.1, 0.15) is 0 Å². The SMILES string of the molecule is C=C(O)c1nc2ccc(C)cc2c(=O)[nH]1. The van der Waals surface area contributed by atoms with Crippen LogP contribution in [0, 0.1) is 6.92 Å². The number of aliphatic hydroxyl groups excluding tert-OH is 1. The predicted molar refractivity (Wildman–Crippen MR) is 58.8 cm³/mol. The van der Waals surface area contributed by atoms with Crippen molar-refractivity contribution < 1.29 is 5.11 Å². The minimum absolute atomic E-state index is 0.108.